The molecule has 0 saturated heterocycles. The highest BCUT2D eigenvalue weighted by Gasteiger charge is 2.30. The van der Waals surface area contributed by atoms with E-state index in [-0.39, 0.29) is 11.8 Å². The average Bonchev–Trinajstić information content (AvgIpc) is 3.62. The lowest BCUT2D eigenvalue weighted by atomic mass is 10.0. The summed E-state index contributed by atoms with van der Waals surface area (Å²) in [6.07, 6.45) is 3.62. The van der Waals surface area contributed by atoms with Gasteiger partial charge in [0, 0.05) is 23.6 Å². The standard InChI is InChI=1S/C25H22N4O5S/c30-25(16-1-2-16)28-23-14-20(19-9-10-26-24(19)27-23)15-3-5-17(6-4-15)29(35(31)32)18-7-8-21-22(13-18)34-12-11-33-21/h3-10,13-14,16,35H,1-2,11-12H2,(H2,26,27,28,30). The van der Waals surface area contributed by atoms with Gasteiger partial charge in [-0.15, -0.1) is 0 Å². The number of carbonyl (C=O) groups is 1. The number of pyridine rings is 1. The Morgan fingerprint density at radius 1 is 0.971 bits per heavy atom. The highest BCUT2D eigenvalue weighted by molar-refractivity contribution is 7.74. The molecule has 0 bridgehead atoms. The van der Waals surface area contributed by atoms with Gasteiger partial charge in [-0.05, 0) is 60.4 Å². The van der Waals surface area contributed by atoms with Crippen LogP contribution in [0.4, 0.5) is 17.2 Å². The van der Waals surface area contributed by atoms with Crippen LogP contribution >= 0.6 is 0 Å². The van der Waals surface area contributed by atoms with Crippen molar-refractivity contribution < 1.29 is 22.7 Å². The van der Waals surface area contributed by atoms with Gasteiger partial charge in [-0.3, -0.25) is 4.79 Å². The molecule has 10 heteroatoms. The van der Waals surface area contributed by atoms with Gasteiger partial charge in [-0.25, -0.2) is 17.7 Å². The molecule has 0 spiro atoms. The van der Waals surface area contributed by atoms with Crippen molar-refractivity contribution in [3.8, 4) is 22.6 Å². The van der Waals surface area contributed by atoms with Crippen molar-refractivity contribution in [2.45, 2.75) is 12.8 Å². The Balaban J connectivity index is 1.34. The number of nitrogens with zero attached hydrogens (tertiary/aromatic N) is 2. The van der Waals surface area contributed by atoms with Gasteiger partial charge in [-0.1, -0.05) is 12.1 Å². The molecule has 0 radical (unpaired) electrons. The fourth-order valence-corrected chi connectivity index (χ4v) is 4.83. The lowest BCUT2D eigenvalue weighted by Gasteiger charge is -2.22. The second-order valence-electron chi connectivity index (χ2n) is 8.48. The number of anilines is 3. The number of benzene rings is 2. The maximum atomic E-state index is 12.3. The highest BCUT2D eigenvalue weighted by atomic mass is 32.2. The molecule has 178 valence electrons. The zero-order valence-electron chi connectivity index (χ0n) is 18.6. The third-order valence-corrected chi connectivity index (χ3v) is 6.87. The molecular weight excluding hydrogens is 468 g/mol. The van der Waals surface area contributed by atoms with E-state index in [9.17, 15) is 13.2 Å². The van der Waals surface area contributed by atoms with E-state index in [4.69, 9.17) is 9.47 Å². The van der Waals surface area contributed by atoms with Crippen molar-refractivity contribution in [3.05, 3.63) is 60.8 Å². The quantitative estimate of drug-likeness (QED) is 0.352. The SMILES string of the molecule is O=C(Nc1cc(-c2ccc(N(c3ccc4c(c3)OCCO4)[SH](=O)=O)cc2)c2cc[nH]c2n1)C1CC1. The molecular formula is C25H22N4O5S. The van der Waals surface area contributed by atoms with Crippen LogP contribution in [0.1, 0.15) is 12.8 Å². The molecule has 1 aliphatic carbocycles. The van der Waals surface area contributed by atoms with Crippen molar-refractivity contribution in [1.29, 1.82) is 0 Å². The lowest BCUT2D eigenvalue weighted by Crippen LogP contribution is -2.17. The van der Waals surface area contributed by atoms with E-state index >= 15 is 0 Å². The maximum absolute atomic E-state index is 12.3. The van der Waals surface area contributed by atoms with E-state index in [1.807, 2.05) is 24.3 Å². The first kappa shape index (κ1) is 21.5. The number of amides is 1. The van der Waals surface area contributed by atoms with Gasteiger partial charge in [0.05, 0.1) is 11.4 Å². The first-order valence-corrected chi connectivity index (χ1v) is 12.4. The summed E-state index contributed by atoms with van der Waals surface area (Å²) >= 11 is 0. The van der Waals surface area contributed by atoms with Gasteiger partial charge in [0.25, 0.3) is 0 Å². The van der Waals surface area contributed by atoms with E-state index < -0.39 is 10.9 Å². The summed E-state index contributed by atoms with van der Waals surface area (Å²) in [7, 11) is -2.96. The third-order valence-electron chi connectivity index (χ3n) is 6.08. The van der Waals surface area contributed by atoms with Crippen LogP contribution in [0.2, 0.25) is 0 Å². The molecule has 2 aromatic carbocycles. The fourth-order valence-electron chi connectivity index (χ4n) is 4.20. The molecule has 6 rings (SSSR count). The molecule has 3 heterocycles. The first-order valence-electron chi connectivity index (χ1n) is 11.3. The Morgan fingerprint density at radius 3 is 2.46 bits per heavy atom. The van der Waals surface area contributed by atoms with Gasteiger partial charge in [-0.2, -0.15) is 0 Å². The minimum absolute atomic E-state index is 0.0148. The van der Waals surface area contributed by atoms with Crippen LogP contribution in [-0.2, 0) is 15.7 Å². The molecule has 0 atom stereocenters. The molecule has 2 N–H and O–H groups in total. The van der Waals surface area contributed by atoms with Crippen molar-refractivity contribution in [2.24, 2.45) is 5.92 Å². The molecule has 9 nitrogen and oxygen atoms in total. The molecule has 1 aliphatic heterocycles. The summed E-state index contributed by atoms with van der Waals surface area (Å²) in [6.45, 7) is 0.875. The number of ether oxygens (including phenoxy) is 2. The van der Waals surface area contributed by atoms with E-state index in [1.165, 1.54) is 4.31 Å². The number of aromatic amines is 1. The Labute approximate surface area is 202 Å². The van der Waals surface area contributed by atoms with Crippen molar-refractivity contribution in [1.82, 2.24) is 9.97 Å². The minimum atomic E-state index is -2.96. The monoisotopic (exact) mass is 490 g/mol. The van der Waals surface area contributed by atoms with Crippen molar-refractivity contribution in [3.63, 3.8) is 0 Å². The van der Waals surface area contributed by atoms with Gasteiger partial charge < -0.3 is 19.8 Å². The fraction of sp³-hybridized carbons (Fsp3) is 0.200. The van der Waals surface area contributed by atoms with E-state index in [0.29, 0.717) is 47.6 Å². The van der Waals surface area contributed by atoms with Gasteiger partial charge in [0.15, 0.2) is 11.5 Å². The summed E-state index contributed by atoms with van der Waals surface area (Å²) in [6, 6.07) is 16.0. The van der Waals surface area contributed by atoms with Crippen LogP contribution in [0.25, 0.3) is 22.2 Å². The smallest absolute Gasteiger partial charge is 0.229 e. The number of hydrogen-bond donors (Lipinski definition) is 3. The second kappa shape index (κ2) is 8.62. The van der Waals surface area contributed by atoms with Gasteiger partial charge in [0.1, 0.15) is 24.7 Å². The number of nitrogens with one attached hydrogen (secondary N) is 2. The highest BCUT2D eigenvalue weighted by Crippen LogP contribution is 2.38. The van der Waals surface area contributed by atoms with Crippen LogP contribution in [0.5, 0.6) is 11.5 Å². The summed E-state index contributed by atoms with van der Waals surface area (Å²) in [4.78, 5) is 19.9. The molecule has 1 saturated carbocycles. The molecule has 1 amide bonds. The minimum Gasteiger partial charge on any atom is -0.486 e. The largest absolute Gasteiger partial charge is 0.486 e. The van der Waals surface area contributed by atoms with Crippen LogP contribution in [0.15, 0.2) is 60.8 Å². The Morgan fingerprint density at radius 2 is 1.71 bits per heavy atom. The van der Waals surface area contributed by atoms with Crippen LogP contribution in [0.3, 0.4) is 0 Å². The molecule has 35 heavy (non-hydrogen) atoms. The molecule has 2 aromatic heterocycles. The summed E-state index contributed by atoms with van der Waals surface area (Å²) in [5.74, 6) is 1.64. The van der Waals surface area contributed by atoms with Crippen LogP contribution in [-0.4, -0.2) is 37.5 Å². The maximum Gasteiger partial charge on any atom is 0.229 e. The van der Waals surface area contributed by atoms with Crippen LogP contribution in [0, 0.1) is 5.92 Å². The van der Waals surface area contributed by atoms with Crippen molar-refractivity contribution >= 4 is 45.0 Å². The summed E-state index contributed by atoms with van der Waals surface area (Å²) in [5.41, 5.74) is 3.36. The number of thiol groups is 1. The molecule has 2 aliphatic rings. The number of hydrogen-bond acceptors (Lipinski definition) is 6. The average molecular weight is 491 g/mol. The van der Waals surface area contributed by atoms with E-state index in [1.54, 1.807) is 36.5 Å². The first-order chi connectivity index (χ1) is 17.1. The third kappa shape index (κ3) is 4.17. The number of fused-ring (bicyclic) bond motifs is 2. The summed E-state index contributed by atoms with van der Waals surface area (Å²) < 4.78 is 36.8. The predicted molar refractivity (Wildman–Crippen MR) is 133 cm³/mol. The zero-order chi connectivity index (χ0) is 23.9. The van der Waals surface area contributed by atoms with Gasteiger partial charge in [0.2, 0.25) is 16.8 Å². The predicted octanol–water partition coefficient (Wildman–Crippen LogP) is 4.01. The van der Waals surface area contributed by atoms with Crippen molar-refractivity contribution in [2.75, 3.05) is 22.8 Å². The van der Waals surface area contributed by atoms with Crippen LogP contribution < -0.4 is 19.1 Å². The number of aromatic nitrogens is 2. The van der Waals surface area contributed by atoms with Gasteiger partial charge >= 0.3 is 0 Å². The number of H-pyrrole nitrogens is 1. The number of carbonyl (C=O) groups excluding carboxylic acids is 1. The topological polar surface area (TPSA) is 114 Å². The Bertz CT molecular complexity index is 1500. The second-order valence-corrected chi connectivity index (χ2v) is 9.36. The zero-order valence-corrected chi connectivity index (χ0v) is 19.5. The summed E-state index contributed by atoms with van der Waals surface area (Å²) in [5, 5.41) is 3.81. The Hall–Kier alpha value is -4.05. The normalized spacial score (nSPS) is 14.8. The molecule has 1 fully saturated rings. The molecule has 0 unspecified atom stereocenters. The Kier molecular flexibility index (Phi) is 5.29. The van der Waals surface area contributed by atoms with E-state index in [0.717, 1.165) is 29.4 Å². The molecule has 4 aromatic rings. The van der Waals surface area contributed by atoms with E-state index in [2.05, 4.69) is 15.3 Å². The lowest BCUT2D eigenvalue weighted by molar-refractivity contribution is -0.117. The number of rotatable bonds is 6.